The van der Waals surface area contributed by atoms with Gasteiger partial charge in [-0.2, -0.15) is 5.10 Å². The summed E-state index contributed by atoms with van der Waals surface area (Å²) in [5.74, 6) is 0. The predicted octanol–water partition coefficient (Wildman–Crippen LogP) is 4.81. The molecule has 88 valence electrons. The number of nitrogens with zero attached hydrogens (tertiary/aromatic N) is 1. The van der Waals surface area contributed by atoms with Gasteiger partial charge in [0.05, 0.1) is 21.9 Å². The Hall–Kier alpha value is -1.03. The highest BCUT2D eigenvalue weighted by Gasteiger charge is 1.98. The molecule has 0 aliphatic carbocycles. The zero-order chi connectivity index (χ0) is 12.3. The van der Waals surface area contributed by atoms with E-state index in [1.165, 1.54) is 4.88 Å². The van der Waals surface area contributed by atoms with Crippen molar-refractivity contribution in [1.29, 1.82) is 0 Å². The van der Waals surface area contributed by atoms with Gasteiger partial charge in [0.2, 0.25) is 0 Å². The number of nitrogens with one attached hydrogen (secondary N) is 1. The molecule has 0 bridgehead atoms. The summed E-state index contributed by atoms with van der Waals surface area (Å²) in [7, 11) is 0. The molecule has 1 heterocycles. The van der Waals surface area contributed by atoms with Crippen molar-refractivity contribution in [3.8, 4) is 0 Å². The first-order chi connectivity index (χ1) is 8.15. The minimum absolute atomic E-state index is 0.513. The van der Waals surface area contributed by atoms with Crippen molar-refractivity contribution >= 4 is 46.4 Å². The summed E-state index contributed by atoms with van der Waals surface area (Å²) in [4.78, 5) is 2.37. The second kappa shape index (κ2) is 5.54. The molecule has 0 atom stereocenters. The van der Waals surface area contributed by atoms with Crippen LogP contribution in [-0.4, -0.2) is 6.21 Å². The van der Waals surface area contributed by atoms with Crippen LogP contribution >= 0.6 is 34.5 Å². The van der Waals surface area contributed by atoms with Gasteiger partial charge in [0, 0.05) is 9.75 Å². The molecule has 0 spiro atoms. The zero-order valence-corrected chi connectivity index (χ0v) is 11.4. The average molecular weight is 285 g/mol. The van der Waals surface area contributed by atoms with E-state index in [4.69, 9.17) is 23.2 Å². The Kier molecular flexibility index (Phi) is 4.05. The third kappa shape index (κ3) is 3.46. The Balaban J connectivity index is 2.02. The maximum atomic E-state index is 5.89. The normalized spacial score (nSPS) is 11.0. The monoisotopic (exact) mass is 284 g/mol. The molecule has 2 nitrogen and oxygen atoms in total. The Bertz CT molecular complexity index is 549. The van der Waals surface area contributed by atoms with Gasteiger partial charge in [-0.15, -0.1) is 11.3 Å². The van der Waals surface area contributed by atoms with Gasteiger partial charge in [-0.05, 0) is 37.3 Å². The first-order valence-electron chi connectivity index (χ1n) is 4.96. The highest BCUT2D eigenvalue weighted by molar-refractivity contribution is 7.13. The molecule has 2 aromatic rings. The number of thiophene rings is 1. The minimum atomic E-state index is 0.513. The van der Waals surface area contributed by atoms with Crippen LogP contribution in [0.15, 0.2) is 35.4 Å². The van der Waals surface area contributed by atoms with Gasteiger partial charge in [0.15, 0.2) is 0 Å². The number of anilines is 1. The van der Waals surface area contributed by atoms with Crippen molar-refractivity contribution in [3.05, 3.63) is 50.1 Å². The van der Waals surface area contributed by atoms with E-state index >= 15 is 0 Å². The molecule has 5 heteroatoms. The van der Waals surface area contributed by atoms with Crippen LogP contribution in [0.5, 0.6) is 0 Å². The van der Waals surface area contributed by atoms with Crippen molar-refractivity contribution in [3.63, 3.8) is 0 Å². The van der Waals surface area contributed by atoms with Crippen LogP contribution in [0, 0.1) is 6.92 Å². The van der Waals surface area contributed by atoms with Crippen LogP contribution in [0.3, 0.4) is 0 Å². The Morgan fingerprint density at radius 1 is 1.18 bits per heavy atom. The minimum Gasteiger partial charge on any atom is -0.278 e. The topological polar surface area (TPSA) is 24.4 Å². The molecule has 0 saturated carbocycles. The van der Waals surface area contributed by atoms with E-state index in [1.807, 2.05) is 12.1 Å². The van der Waals surface area contributed by atoms with Crippen molar-refractivity contribution < 1.29 is 0 Å². The Labute approximate surface area is 114 Å². The average Bonchev–Trinajstić information content (AvgIpc) is 2.70. The van der Waals surface area contributed by atoms with Gasteiger partial charge in [0.1, 0.15) is 0 Å². The van der Waals surface area contributed by atoms with Crippen LogP contribution in [0.25, 0.3) is 0 Å². The Morgan fingerprint density at radius 3 is 2.65 bits per heavy atom. The molecular weight excluding hydrogens is 275 g/mol. The summed E-state index contributed by atoms with van der Waals surface area (Å²) in [6, 6.07) is 9.38. The van der Waals surface area contributed by atoms with Crippen LogP contribution in [0.2, 0.25) is 10.0 Å². The fourth-order valence-corrected chi connectivity index (χ4v) is 2.31. The van der Waals surface area contributed by atoms with Gasteiger partial charge in [-0.25, -0.2) is 0 Å². The van der Waals surface area contributed by atoms with Crippen LogP contribution in [0.4, 0.5) is 5.69 Å². The van der Waals surface area contributed by atoms with Crippen molar-refractivity contribution in [2.24, 2.45) is 5.10 Å². The molecule has 2 rings (SSSR count). The molecule has 1 aromatic heterocycles. The maximum absolute atomic E-state index is 5.89. The van der Waals surface area contributed by atoms with Crippen molar-refractivity contribution in [2.75, 3.05) is 5.43 Å². The van der Waals surface area contributed by atoms with Gasteiger partial charge >= 0.3 is 0 Å². The molecule has 0 unspecified atom stereocenters. The largest absolute Gasteiger partial charge is 0.278 e. The van der Waals surface area contributed by atoms with E-state index in [9.17, 15) is 0 Å². The summed E-state index contributed by atoms with van der Waals surface area (Å²) >= 11 is 13.4. The van der Waals surface area contributed by atoms with E-state index in [2.05, 4.69) is 23.5 Å². The summed E-state index contributed by atoms with van der Waals surface area (Å²) in [6.45, 7) is 2.06. The molecule has 0 aliphatic rings. The van der Waals surface area contributed by atoms with E-state index in [0.29, 0.717) is 10.0 Å². The quantitative estimate of drug-likeness (QED) is 0.635. The van der Waals surface area contributed by atoms with Crippen LogP contribution < -0.4 is 5.43 Å². The van der Waals surface area contributed by atoms with Crippen molar-refractivity contribution in [1.82, 2.24) is 0 Å². The highest BCUT2D eigenvalue weighted by atomic mass is 35.5. The predicted molar refractivity (Wildman–Crippen MR) is 76.7 cm³/mol. The number of halogens is 2. The summed E-state index contributed by atoms with van der Waals surface area (Å²) in [5, 5.41) is 5.18. The van der Waals surface area contributed by atoms with E-state index in [1.54, 1.807) is 29.7 Å². The van der Waals surface area contributed by atoms with E-state index < -0.39 is 0 Å². The number of aryl methyl sites for hydroxylation is 1. The number of hydrogen-bond donors (Lipinski definition) is 1. The lowest BCUT2D eigenvalue weighted by molar-refractivity contribution is 1.35. The second-order valence-electron chi connectivity index (χ2n) is 3.45. The summed E-state index contributed by atoms with van der Waals surface area (Å²) in [5.41, 5.74) is 3.71. The van der Waals surface area contributed by atoms with Gasteiger partial charge in [-0.3, -0.25) is 5.43 Å². The Morgan fingerprint density at radius 2 is 2.00 bits per heavy atom. The number of hydrogen-bond acceptors (Lipinski definition) is 3. The summed E-state index contributed by atoms with van der Waals surface area (Å²) in [6.07, 6.45) is 1.78. The number of hydrazone groups is 1. The number of rotatable bonds is 3. The van der Waals surface area contributed by atoms with Gasteiger partial charge in [-0.1, -0.05) is 23.2 Å². The smallest absolute Gasteiger partial charge is 0.0644 e. The SMILES string of the molecule is Cc1ccc(/C=N\Nc2ccc(Cl)c(Cl)c2)s1. The lowest BCUT2D eigenvalue weighted by atomic mass is 10.3. The third-order valence-electron chi connectivity index (χ3n) is 2.07. The lowest BCUT2D eigenvalue weighted by Gasteiger charge is -2.01. The molecule has 1 aromatic carbocycles. The van der Waals surface area contributed by atoms with Gasteiger partial charge < -0.3 is 0 Å². The maximum Gasteiger partial charge on any atom is 0.0644 e. The lowest BCUT2D eigenvalue weighted by Crippen LogP contribution is -1.89. The standard InChI is InChI=1S/C12H10Cl2N2S/c1-8-2-4-10(17-8)7-15-16-9-3-5-11(13)12(14)6-9/h2-7,16H,1H3/b15-7-. The first kappa shape index (κ1) is 12.4. The molecule has 0 aliphatic heterocycles. The second-order valence-corrected chi connectivity index (χ2v) is 5.58. The van der Waals surface area contributed by atoms with Crippen LogP contribution in [-0.2, 0) is 0 Å². The molecule has 0 saturated heterocycles. The van der Waals surface area contributed by atoms with Crippen molar-refractivity contribution in [2.45, 2.75) is 6.92 Å². The molecule has 0 radical (unpaired) electrons. The molecule has 1 N–H and O–H groups in total. The molecular formula is C12H10Cl2N2S. The molecule has 17 heavy (non-hydrogen) atoms. The van der Waals surface area contributed by atoms with Crippen LogP contribution in [0.1, 0.15) is 9.75 Å². The fourth-order valence-electron chi connectivity index (χ4n) is 1.26. The van der Waals surface area contributed by atoms with E-state index in [-0.39, 0.29) is 0 Å². The summed E-state index contributed by atoms with van der Waals surface area (Å²) < 4.78 is 0. The molecule has 0 amide bonds. The van der Waals surface area contributed by atoms with E-state index in [0.717, 1.165) is 10.6 Å². The zero-order valence-electron chi connectivity index (χ0n) is 9.08. The molecule has 0 fully saturated rings. The number of benzene rings is 1. The third-order valence-corrected chi connectivity index (χ3v) is 3.74. The first-order valence-corrected chi connectivity index (χ1v) is 6.53. The van der Waals surface area contributed by atoms with Gasteiger partial charge in [0.25, 0.3) is 0 Å². The highest BCUT2D eigenvalue weighted by Crippen LogP contribution is 2.24. The fraction of sp³-hybridized carbons (Fsp3) is 0.0833.